The zero-order valence-electron chi connectivity index (χ0n) is 12.1. The third-order valence-corrected chi connectivity index (χ3v) is 4.50. The quantitative estimate of drug-likeness (QED) is 0.799. The van der Waals surface area contributed by atoms with E-state index < -0.39 is 0 Å². The topological polar surface area (TPSA) is 58.4 Å². The highest BCUT2D eigenvalue weighted by Crippen LogP contribution is 2.28. The number of hydrogen-bond acceptors (Lipinski definition) is 5. The number of aliphatic hydroxyl groups excluding tert-OH is 1. The zero-order chi connectivity index (χ0) is 15.9. The number of thiophene rings is 1. The SMILES string of the molecule is CN(C)c1nc(=O)n(-c2cc(CO)cs2)c2cc(Cl)ccc12. The van der Waals surface area contributed by atoms with E-state index >= 15 is 0 Å². The van der Waals surface area contributed by atoms with E-state index in [1.54, 1.807) is 23.1 Å². The molecule has 2 heterocycles. The Hall–Kier alpha value is -1.89. The van der Waals surface area contributed by atoms with Crippen molar-refractivity contribution >= 4 is 39.7 Å². The molecule has 0 bridgehead atoms. The lowest BCUT2D eigenvalue weighted by atomic mass is 10.2. The lowest BCUT2D eigenvalue weighted by Gasteiger charge is -2.16. The maximum Gasteiger partial charge on any atom is 0.355 e. The predicted octanol–water partition coefficient (Wildman–Crippen LogP) is 2.66. The van der Waals surface area contributed by atoms with Crippen LogP contribution < -0.4 is 10.6 Å². The first-order valence-corrected chi connectivity index (χ1v) is 7.85. The van der Waals surface area contributed by atoms with Crippen LogP contribution in [0.25, 0.3) is 15.9 Å². The standard InChI is InChI=1S/C15H14ClN3O2S/c1-18(2)14-11-4-3-10(16)6-12(11)19(15(21)17-14)13-5-9(7-20)8-22-13/h3-6,8,20H,7H2,1-2H3. The van der Waals surface area contributed by atoms with Crippen LogP contribution in [0.4, 0.5) is 5.82 Å². The highest BCUT2D eigenvalue weighted by Gasteiger charge is 2.15. The summed E-state index contributed by atoms with van der Waals surface area (Å²) in [6, 6.07) is 7.17. The Morgan fingerprint density at radius 2 is 2.14 bits per heavy atom. The number of halogens is 1. The summed E-state index contributed by atoms with van der Waals surface area (Å²) in [7, 11) is 3.68. The lowest BCUT2D eigenvalue weighted by Crippen LogP contribution is -2.25. The maximum absolute atomic E-state index is 12.5. The Labute approximate surface area is 136 Å². The minimum atomic E-state index is -0.371. The third kappa shape index (κ3) is 2.49. The van der Waals surface area contributed by atoms with Crippen LogP contribution in [0.2, 0.25) is 5.02 Å². The molecule has 22 heavy (non-hydrogen) atoms. The molecule has 0 radical (unpaired) electrons. The average Bonchev–Trinajstić information content (AvgIpc) is 2.94. The van der Waals surface area contributed by atoms with Gasteiger partial charge in [0.15, 0.2) is 0 Å². The number of aromatic nitrogens is 2. The van der Waals surface area contributed by atoms with Gasteiger partial charge < -0.3 is 10.0 Å². The summed E-state index contributed by atoms with van der Waals surface area (Å²) < 4.78 is 1.53. The van der Waals surface area contributed by atoms with Crippen molar-refractivity contribution in [2.24, 2.45) is 0 Å². The van der Waals surface area contributed by atoms with Crippen molar-refractivity contribution < 1.29 is 5.11 Å². The molecule has 3 rings (SSSR count). The molecular weight excluding hydrogens is 322 g/mol. The monoisotopic (exact) mass is 335 g/mol. The minimum Gasteiger partial charge on any atom is -0.392 e. The molecule has 3 aromatic rings. The Bertz CT molecular complexity index is 901. The fourth-order valence-electron chi connectivity index (χ4n) is 2.30. The van der Waals surface area contributed by atoms with Crippen LogP contribution >= 0.6 is 22.9 Å². The second-order valence-corrected chi connectivity index (χ2v) is 6.39. The average molecular weight is 336 g/mol. The van der Waals surface area contributed by atoms with Gasteiger partial charge in [0.25, 0.3) is 0 Å². The number of anilines is 1. The van der Waals surface area contributed by atoms with E-state index in [1.807, 2.05) is 25.5 Å². The van der Waals surface area contributed by atoms with E-state index in [1.165, 1.54) is 15.9 Å². The summed E-state index contributed by atoms with van der Waals surface area (Å²) >= 11 is 7.49. The Morgan fingerprint density at radius 1 is 1.36 bits per heavy atom. The first-order chi connectivity index (χ1) is 10.5. The molecule has 2 aromatic heterocycles. The van der Waals surface area contributed by atoms with Gasteiger partial charge in [0.1, 0.15) is 10.8 Å². The molecule has 114 valence electrons. The number of nitrogens with zero attached hydrogens (tertiary/aromatic N) is 3. The van der Waals surface area contributed by atoms with E-state index in [2.05, 4.69) is 4.98 Å². The van der Waals surface area contributed by atoms with E-state index in [0.717, 1.165) is 10.9 Å². The van der Waals surface area contributed by atoms with E-state index in [0.29, 0.717) is 21.4 Å². The van der Waals surface area contributed by atoms with Crippen LogP contribution in [0.5, 0.6) is 0 Å². The Kier molecular flexibility index (Phi) is 3.90. The molecule has 1 aromatic carbocycles. The Morgan fingerprint density at radius 3 is 2.77 bits per heavy atom. The smallest absolute Gasteiger partial charge is 0.355 e. The normalized spacial score (nSPS) is 11.1. The highest BCUT2D eigenvalue weighted by molar-refractivity contribution is 7.12. The van der Waals surface area contributed by atoms with Crippen LogP contribution in [0, 0.1) is 0 Å². The number of rotatable bonds is 3. The highest BCUT2D eigenvalue weighted by atomic mass is 35.5. The van der Waals surface area contributed by atoms with E-state index in [9.17, 15) is 9.90 Å². The minimum absolute atomic E-state index is 0.0624. The van der Waals surface area contributed by atoms with Crippen molar-refractivity contribution in [1.29, 1.82) is 0 Å². The van der Waals surface area contributed by atoms with Gasteiger partial charge in [-0.25, -0.2) is 4.79 Å². The molecule has 0 fully saturated rings. The largest absolute Gasteiger partial charge is 0.392 e. The number of hydrogen-bond donors (Lipinski definition) is 1. The number of benzene rings is 1. The lowest BCUT2D eigenvalue weighted by molar-refractivity contribution is 0.282. The molecule has 0 saturated carbocycles. The summed E-state index contributed by atoms with van der Waals surface area (Å²) in [6.45, 7) is -0.0624. The molecule has 0 aliphatic carbocycles. The van der Waals surface area contributed by atoms with Gasteiger partial charge in [-0.1, -0.05) is 11.6 Å². The fourth-order valence-corrected chi connectivity index (χ4v) is 3.38. The van der Waals surface area contributed by atoms with Gasteiger partial charge in [-0.05, 0) is 35.2 Å². The zero-order valence-corrected chi connectivity index (χ0v) is 13.6. The van der Waals surface area contributed by atoms with Gasteiger partial charge in [-0.3, -0.25) is 4.57 Å². The molecule has 0 atom stereocenters. The fraction of sp³-hybridized carbons (Fsp3) is 0.200. The van der Waals surface area contributed by atoms with Gasteiger partial charge in [0.05, 0.1) is 12.1 Å². The van der Waals surface area contributed by atoms with Crippen LogP contribution in [-0.2, 0) is 6.61 Å². The first kappa shape index (κ1) is 15.0. The van der Waals surface area contributed by atoms with E-state index in [-0.39, 0.29) is 12.3 Å². The van der Waals surface area contributed by atoms with Crippen molar-refractivity contribution in [3.05, 3.63) is 50.7 Å². The molecule has 5 nitrogen and oxygen atoms in total. The molecule has 0 aliphatic rings. The third-order valence-electron chi connectivity index (χ3n) is 3.30. The van der Waals surface area contributed by atoms with Gasteiger partial charge in [-0.2, -0.15) is 4.98 Å². The summed E-state index contributed by atoms with van der Waals surface area (Å²) in [5, 5.41) is 13.1. The Balaban J connectivity index is 2.39. The van der Waals surface area contributed by atoms with Gasteiger partial charge in [-0.15, -0.1) is 11.3 Å². The van der Waals surface area contributed by atoms with Crippen LogP contribution in [0.3, 0.4) is 0 Å². The molecule has 0 amide bonds. The van der Waals surface area contributed by atoms with Crippen LogP contribution in [0.15, 0.2) is 34.4 Å². The summed E-state index contributed by atoms with van der Waals surface area (Å²) in [5.74, 6) is 0.604. The molecule has 1 N–H and O–H groups in total. The molecule has 0 spiro atoms. The summed E-state index contributed by atoms with van der Waals surface area (Å²) in [6.07, 6.45) is 0. The predicted molar refractivity (Wildman–Crippen MR) is 90.5 cm³/mol. The van der Waals surface area contributed by atoms with E-state index in [4.69, 9.17) is 11.6 Å². The second-order valence-electron chi connectivity index (χ2n) is 5.06. The number of fused-ring (bicyclic) bond motifs is 1. The number of aliphatic hydroxyl groups is 1. The van der Waals surface area contributed by atoms with Crippen molar-refractivity contribution in [2.45, 2.75) is 6.61 Å². The molecule has 0 aliphatic heterocycles. The summed E-state index contributed by atoms with van der Waals surface area (Å²) in [4.78, 5) is 18.5. The van der Waals surface area contributed by atoms with Gasteiger partial charge in [0.2, 0.25) is 0 Å². The molecular formula is C15H14ClN3O2S. The van der Waals surface area contributed by atoms with Crippen molar-refractivity contribution in [1.82, 2.24) is 9.55 Å². The van der Waals surface area contributed by atoms with Gasteiger partial charge in [0, 0.05) is 24.5 Å². The molecule has 7 heteroatoms. The van der Waals surface area contributed by atoms with Crippen molar-refractivity contribution in [3.8, 4) is 5.00 Å². The van der Waals surface area contributed by atoms with Crippen LogP contribution in [0.1, 0.15) is 5.56 Å². The first-order valence-electron chi connectivity index (χ1n) is 6.59. The summed E-state index contributed by atoms with van der Waals surface area (Å²) in [5.41, 5.74) is 1.09. The molecule has 0 unspecified atom stereocenters. The second kappa shape index (κ2) is 5.72. The van der Waals surface area contributed by atoms with Crippen molar-refractivity contribution in [3.63, 3.8) is 0 Å². The molecule has 0 saturated heterocycles. The maximum atomic E-state index is 12.5. The van der Waals surface area contributed by atoms with Gasteiger partial charge >= 0.3 is 5.69 Å². The van der Waals surface area contributed by atoms with Crippen LogP contribution in [-0.4, -0.2) is 28.8 Å². The van der Waals surface area contributed by atoms with Crippen molar-refractivity contribution in [2.75, 3.05) is 19.0 Å².